The number of hydrogen-bond acceptors (Lipinski definition) is 4. The number of halogens is 1. The standard InChI is InChI=1S/C16H17ClN2O4S/c1-11-3-6-13(9-15(11)24(21,22)18-2)19-16(20)10-23-14-7-4-12(17)5-8-14/h3-9,18H,10H2,1-2H3,(H,19,20). The summed E-state index contributed by atoms with van der Waals surface area (Å²) in [6.07, 6.45) is 0. The SMILES string of the molecule is CNS(=O)(=O)c1cc(NC(=O)COc2ccc(Cl)cc2)ccc1C. The molecule has 0 spiro atoms. The molecule has 0 aliphatic rings. The van der Waals surface area contributed by atoms with E-state index in [1.54, 1.807) is 43.3 Å². The molecule has 6 nitrogen and oxygen atoms in total. The molecule has 0 heterocycles. The zero-order valence-corrected chi connectivity index (χ0v) is 14.7. The maximum Gasteiger partial charge on any atom is 0.262 e. The smallest absolute Gasteiger partial charge is 0.262 e. The molecule has 0 unspecified atom stereocenters. The van der Waals surface area contributed by atoms with E-state index in [1.807, 2.05) is 0 Å². The predicted octanol–water partition coefficient (Wildman–Crippen LogP) is 2.57. The van der Waals surface area contributed by atoms with Crippen LogP contribution in [0.25, 0.3) is 0 Å². The summed E-state index contributed by atoms with van der Waals surface area (Å²) in [5.41, 5.74) is 0.957. The number of rotatable bonds is 6. The fourth-order valence-corrected chi connectivity index (χ4v) is 3.07. The molecular weight excluding hydrogens is 352 g/mol. The van der Waals surface area contributed by atoms with Gasteiger partial charge in [0.15, 0.2) is 6.61 Å². The van der Waals surface area contributed by atoms with Gasteiger partial charge in [0.25, 0.3) is 5.91 Å². The van der Waals surface area contributed by atoms with E-state index in [-0.39, 0.29) is 11.5 Å². The van der Waals surface area contributed by atoms with E-state index in [9.17, 15) is 13.2 Å². The Morgan fingerprint density at radius 1 is 1.17 bits per heavy atom. The van der Waals surface area contributed by atoms with Gasteiger partial charge in [-0.25, -0.2) is 13.1 Å². The molecule has 2 rings (SSSR count). The highest BCUT2D eigenvalue weighted by molar-refractivity contribution is 7.89. The number of hydrogen-bond donors (Lipinski definition) is 2. The number of aryl methyl sites for hydroxylation is 1. The zero-order chi connectivity index (χ0) is 17.7. The first kappa shape index (κ1) is 18.3. The summed E-state index contributed by atoms with van der Waals surface area (Å²) in [5.74, 6) is 0.110. The zero-order valence-electron chi connectivity index (χ0n) is 13.2. The normalized spacial score (nSPS) is 11.1. The number of carbonyl (C=O) groups is 1. The molecule has 1 amide bonds. The maximum atomic E-state index is 11.9. The molecule has 0 bridgehead atoms. The average Bonchev–Trinajstić information content (AvgIpc) is 2.56. The van der Waals surface area contributed by atoms with E-state index in [0.29, 0.717) is 22.0 Å². The van der Waals surface area contributed by atoms with Crippen molar-refractivity contribution in [3.05, 3.63) is 53.1 Å². The fraction of sp³-hybridized carbons (Fsp3) is 0.188. The Kier molecular flexibility index (Phi) is 5.82. The highest BCUT2D eigenvalue weighted by Crippen LogP contribution is 2.20. The Balaban J connectivity index is 2.04. The van der Waals surface area contributed by atoms with Crippen molar-refractivity contribution in [1.29, 1.82) is 0 Å². The van der Waals surface area contributed by atoms with E-state index >= 15 is 0 Å². The summed E-state index contributed by atoms with van der Waals surface area (Å²) in [4.78, 5) is 12.1. The van der Waals surface area contributed by atoms with Crippen LogP contribution >= 0.6 is 11.6 Å². The van der Waals surface area contributed by atoms with Gasteiger partial charge in [0, 0.05) is 10.7 Å². The highest BCUT2D eigenvalue weighted by atomic mass is 35.5. The molecule has 8 heteroatoms. The Labute approximate surface area is 145 Å². The van der Waals surface area contributed by atoms with Crippen LogP contribution in [0.15, 0.2) is 47.4 Å². The largest absolute Gasteiger partial charge is 0.484 e. The van der Waals surface area contributed by atoms with Crippen LogP contribution in [0, 0.1) is 6.92 Å². The minimum absolute atomic E-state index is 0.112. The lowest BCUT2D eigenvalue weighted by Crippen LogP contribution is -2.22. The van der Waals surface area contributed by atoms with Crippen molar-refractivity contribution in [3.8, 4) is 5.75 Å². The Morgan fingerprint density at radius 3 is 2.46 bits per heavy atom. The monoisotopic (exact) mass is 368 g/mol. The van der Waals surface area contributed by atoms with Gasteiger partial charge in [-0.15, -0.1) is 0 Å². The molecule has 0 atom stereocenters. The highest BCUT2D eigenvalue weighted by Gasteiger charge is 2.15. The molecule has 0 aromatic heterocycles. The molecule has 0 aliphatic heterocycles. The number of amides is 1. The second-order valence-electron chi connectivity index (χ2n) is 4.98. The van der Waals surface area contributed by atoms with E-state index in [2.05, 4.69) is 10.0 Å². The van der Waals surface area contributed by atoms with Crippen molar-refractivity contribution in [2.45, 2.75) is 11.8 Å². The molecule has 24 heavy (non-hydrogen) atoms. The number of carbonyl (C=O) groups excluding carboxylic acids is 1. The van der Waals surface area contributed by atoms with Crippen molar-refractivity contribution in [1.82, 2.24) is 4.72 Å². The Hall–Kier alpha value is -2.09. The number of anilines is 1. The van der Waals surface area contributed by atoms with Crippen molar-refractivity contribution in [3.63, 3.8) is 0 Å². The third-order valence-corrected chi connectivity index (χ3v) is 5.02. The molecule has 2 aromatic rings. The predicted molar refractivity (Wildman–Crippen MR) is 93.0 cm³/mol. The second-order valence-corrected chi connectivity index (χ2v) is 7.27. The van der Waals surface area contributed by atoms with Gasteiger partial charge in [-0.2, -0.15) is 0 Å². The fourth-order valence-electron chi connectivity index (χ4n) is 1.95. The van der Waals surface area contributed by atoms with E-state index in [0.717, 1.165) is 0 Å². The van der Waals surface area contributed by atoms with Crippen molar-refractivity contribution in [2.75, 3.05) is 19.0 Å². The number of ether oxygens (including phenoxy) is 1. The summed E-state index contributed by atoms with van der Waals surface area (Å²) in [6.45, 7) is 1.48. The number of sulfonamides is 1. The molecule has 0 fully saturated rings. The summed E-state index contributed by atoms with van der Waals surface area (Å²) in [5, 5.41) is 3.18. The van der Waals surface area contributed by atoms with Crippen LogP contribution in [0.2, 0.25) is 5.02 Å². The quantitative estimate of drug-likeness (QED) is 0.820. The summed E-state index contributed by atoms with van der Waals surface area (Å²) in [6, 6.07) is 11.3. The molecule has 0 saturated heterocycles. The average molecular weight is 369 g/mol. The third-order valence-electron chi connectivity index (χ3n) is 3.21. The molecule has 0 saturated carbocycles. The van der Waals surface area contributed by atoms with Crippen LogP contribution in [0.3, 0.4) is 0 Å². The van der Waals surface area contributed by atoms with Crippen LogP contribution in [-0.4, -0.2) is 28.0 Å². The van der Waals surface area contributed by atoms with Gasteiger partial charge in [0.05, 0.1) is 4.90 Å². The van der Waals surface area contributed by atoms with Crippen molar-refractivity contribution >= 4 is 33.2 Å². The first-order chi connectivity index (χ1) is 11.3. The molecule has 2 aromatic carbocycles. The van der Waals surface area contributed by atoms with Crippen LogP contribution in [0.5, 0.6) is 5.75 Å². The van der Waals surface area contributed by atoms with Crippen molar-refractivity contribution in [2.24, 2.45) is 0 Å². The van der Waals surface area contributed by atoms with E-state index in [1.165, 1.54) is 13.1 Å². The van der Waals surface area contributed by atoms with Crippen LogP contribution in [0.1, 0.15) is 5.56 Å². The topological polar surface area (TPSA) is 84.5 Å². The molecule has 128 valence electrons. The van der Waals surface area contributed by atoms with Crippen LogP contribution < -0.4 is 14.8 Å². The first-order valence-corrected chi connectivity index (χ1v) is 8.90. The van der Waals surface area contributed by atoms with E-state index < -0.39 is 15.9 Å². The van der Waals surface area contributed by atoms with Crippen LogP contribution in [0.4, 0.5) is 5.69 Å². The Morgan fingerprint density at radius 2 is 1.83 bits per heavy atom. The first-order valence-electron chi connectivity index (χ1n) is 7.04. The lowest BCUT2D eigenvalue weighted by atomic mass is 10.2. The van der Waals surface area contributed by atoms with Gasteiger partial charge in [-0.1, -0.05) is 17.7 Å². The summed E-state index contributed by atoms with van der Waals surface area (Å²) in [7, 11) is -2.26. The van der Waals surface area contributed by atoms with Crippen molar-refractivity contribution < 1.29 is 17.9 Å². The number of nitrogens with one attached hydrogen (secondary N) is 2. The molecular formula is C16H17ClN2O4S. The van der Waals surface area contributed by atoms with Crippen LogP contribution in [-0.2, 0) is 14.8 Å². The number of benzene rings is 2. The second kappa shape index (κ2) is 7.65. The van der Waals surface area contributed by atoms with Gasteiger partial charge in [0.1, 0.15) is 5.75 Å². The van der Waals surface area contributed by atoms with Gasteiger partial charge in [-0.05, 0) is 55.9 Å². The van der Waals surface area contributed by atoms with Gasteiger partial charge in [0.2, 0.25) is 10.0 Å². The minimum Gasteiger partial charge on any atom is -0.484 e. The maximum absolute atomic E-state index is 11.9. The van der Waals surface area contributed by atoms with Gasteiger partial charge >= 0.3 is 0 Å². The summed E-state index contributed by atoms with van der Waals surface area (Å²) >= 11 is 5.77. The molecule has 0 aliphatic carbocycles. The Bertz CT molecular complexity index is 836. The molecule has 0 radical (unpaired) electrons. The lowest BCUT2D eigenvalue weighted by molar-refractivity contribution is -0.118. The van der Waals surface area contributed by atoms with Gasteiger partial charge < -0.3 is 10.1 Å². The van der Waals surface area contributed by atoms with Gasteiger partial charge in [-0.3, -0.25) is 4.79 Å². The lowest BCUT2D eigenvalue weighted by Gasteiger charge is -2.11. The molecule has 2 N–H and O–H groups in total. The summed E-state index contributed by atoms with van der Waals surface area (Å²) < 4.78 is 31.5. The minimum atomic E-state index is -3.59. The van der Waals surface area contributed by atoms with E-state index in [4.69, 9.17) is 16.3 Å². The third kappa shape index (κ3) is 4.70.